The Morgan fingerprint density at radius 2 is 1.90 bits per heavy atom. The molecule has 0 bridgehead atoms. The molecule has 1 aliphatic rings. The summed E-state index contributed by atoms with van der Waals surface area (Å²) in [6, 6.07) is 6.30. The molecule has 5 nitrogen and oxygen atoms in total. The minimum absolute atomic E-state index is 0.824. The zero-order valence-electron chi connectivity index (χ0n) is 13.0. The Kier molecular flexibility index (Phi) is 4.53. The fraction of sp³-hybridized carbons (Fsp3) is 0.562. The maximum atomic E-state index is 5.15. The molecule has 1 fully saturated rings. The molecule has 3 rings (SSSR count). The number of aromatic nitrogens is 2. The number of ether oxygens (including phenoxy) is 1. The Morgan fingerprint density at radius 3 is 2.67 bits per heavy atom. The van der Waals surface area contributed by atoms with Crippen molar-refractivity contribution in [1.29, 1.82) is 0 Å². The molecule has 2 aromatic rings. The number of imidazole rings is 1. The lowest BCUT2D eigenvalue weighted by Crippen LogP contribution is -2.46. The quantitative estimate of drug-likeness (QED) is 0.833. The second kappa shape index (κ2) is 6.56. The number of rotatable bonds is 5. The van der Waals surface area contributed by atoms with E-state index in [9.17, 15) is 0 Å². The van der Waals surface area contributed by atoms with Crippen molar-refractivity contribution in [2.75, 3.05) is 46.4 Å². The SMILES string of the molecule is COCCN1CCN(Cc2nc(C)n3ccccc23)CC1. The van der Waals surface area contributed by atoms with Crippen LogP contribution in [0.5, 0.6) is 0 Å². The average molecular weight is 288 g/mol. The number of aryl methyl sites for hydroxylation is 1. The van der Waals surface area contributed by atoms with Crippen LogP contribution in [0.25, 0.3) is 5.52 Å². The van der Waals surface area contributed by atoms with Gasteiger partial charge in [-0.2, -0.15) is 0 Å². The molecule has 0 aliphatic carbocycles. The second-order valence-corrected chi connectivity index (χ2v) is 5.67. The lowest BCUT2D eigenvalue weighted by molar-refractivity contribution is 0.0935. The third-order valence-corrected chi connectivity index (χ3v) is 4.25. The van der Waals surface area contributed by atoms with Gasteiger partial charge in [-0.1, -0.05) is 6.07 Å². The largest absolute Gasteiger partial charge is 0.383 e. The van der Waals surface area contributed by atoms with Crippen molar-refractivity contribution in [3.05, 3.63) is 35.9 Å². The van der Waals surface area contributed by atoms with Crippen molar-refractivity contribution in [2.45, 2.75) is 13.5 Å². The van der Waals surface area contributed by atoms with Crippen molar-refractivity contribution in [3.63, 3.8) is 0 Å². The van der Waals surface area contributed by atoms with Crippen LogP contribution in [0, 0.1) is 6.92 Å². The number of fused-ring (bicyclic) bond motifs is 1. The van der Waals surface area contributed by atoms with E-state index in [-0.39, 0.29) is 0 Å². The topological polar surface area (TPSA) is 33.0 Å². The van der Waals surface area contributed by atoms with E-state index in [4.69, 9.17) is 9.72 Å². The van der Waals surface area contributed by atoms with Crippen LogP contribution in [0.3, 0.4) is 0 Å². The fourth-order valence-electron chi connectivity index (χ4n) is 2.99. The molecule has 1 aliphatic heterocycles. The van der Waals surface area contributed by atoms with E-state index in [1.165, 1.54) is 11.2 Å². The fourth-order valence-corrected chi connectivity index (χ4v) is 2.99. The van der Waals surface area contributed by atoms with Crippen molar-refractivity contribution >= 4 is 5.52 Å². The first kappa shape index (κ1) is 14.5. The molecule has 0 atom stereocenters. The Morgan fingerprint density at radius 1 is 1.14 bits per heavy atom. The second-order valence-electron chi connectivity index (χ2n) is 5.67. The van der Waals surface area contributed by atoms with Crippen molar-refractivity contribution < 1.29 is 4.74 Å². The number of hydrogen-bond donors (Lipinski definition) is 0. The molecule has 3 heterocycles. The number of piperazine rings is 1. The molecule has 0 amide bonds. The molecular formula is C16H24N4O. The monoisotopic (exact) mass is 288 g/mol. The van der Waals surface area contributed by atoms with Gasteiger partial charge in [-0.3, -0.25) is 9.80 Å². The predicted octanol–water partition coefficient (Wildman–Crippen LogP) is 1.41. The number of hydrogen-bond acceptors (Lipinski definition) is 4. The van der Waals surface area contributed by atoms with E-state index in [0.717, 1.165) is 51.7 Å². The van der Waals surface area contributed by atoms with Crippen LogP contribution >= 0.6 is 0 Å². The minimum Gasteiger partial charge on any atom is -0.383 e. The minimum atomic E-state index is 0.824. The van der Waals surface area contributed by atoms with Gasteiger partial charge in [0.05, 0.1) is 17.8 Å². The van der Waals surface area contributed by atoms with Gasteiger partial charge < -0.3 is 9.14 Å². The summed E-state index contributed by atoms with van der Waals surface area (Å²) in [6.07, 6.45) is 2.09. The summed E-state index contributed by atoms with van der Waals surface area (Å²) >= 11 is 0. The van der Waals surface area contributed by atoms with Crippen LogP contribution < -0.4 is 0 Å². The number of pyridine rings is 1. The predicted molar refractivity (Wildman–Crippen MR) is 83.5 cm³/mol. The van der Waals surface area contributed by atoms with E-state index >= 15 is 0 Å². The van der Waals surface area contributed by atoms with Crippen LogP contribution in [-0.4, -0.2) is 65.6 Å². The molecule has 0 N–H and O–H groups in total. The smallest absolute Gasteiger partial charge is 0.110 e. The Labute approximate surface area is 126 Å². The first-order valence-electron chi connectivity index (χ1n) is 7.64. The summed E-state index contributed by atoms with van der Waals surface area (Å²) in [5, 5.41) is 0. The highest BCUT2D eigenvalue weighted by molar-refractivity contribution is 5.53. The van der Waals surface area contributed by atoms with E-state index in [1.54, 1.807) is 7.11 Å². The highest BCUT2D eigenvalue weighted by Crippen LogP contribution is 2.15. The van der Waals surface area contributed by atoms with E-state index < -0.39 is 0 Å². The zero-order chi connectivity index (χ0) is 14.7. The maximum Gasteiger partial charge on any atom is 0.110 e. The molecule has 0 radical (unpaired) electrons. The first-order chi connectivity index (χ1) is 10.3. The summed E-state index contributed by atoms with van der Waals surface area (Å²) in [5.74, 6) is 1.07. The van der Waals surface area contributed by atoms with Gasteiger partial charge in [0.15, 0.2) is 0 Å². The Bertz CT molecular complexity index is 587. The van der Waals surface area contributed by atoms with Crippen molar-refractivity contribution in [2.24, 2.45) is 0 Å². The normalized spacial score (nSPS) is 17.6. The lowest BCUT2D eigenvalue weighted by atomic mass is 10.2. The molecule has 0 unspecified atom stereocenters. The molecule has 0 saturated carbocycles. The van der Waals surface area contributed by atoms with Crippen LogP contribution in [0.2, 0.25) is 0 Å². The summed E-state index contributed by atoms with van der Waals surface area (Å²) in [5.41, 5.74) is 2.43. The lowest BCUT2D eigenvalue weighted by Gasteiger charge is -2.34. The Balaban J connectivity index is 1.62. The van der Waals surface area contributed by atoms with E-state index in [1.807, 2.05) is 0 Å². The highest BCUT2D eigenvalue weighted by Gasteiger charge is 2.18. The van der Waals surface area contributed by atoms with E-state index in [0.29, 0.717) is 0 Å². The van der Waals surface area contributed by atoms with Gasteiger partial charge >= 0.3 is 0 Å². The zero-order valence-corrected chi connectivity index (χ0v) is 13.0. The van der Waals surface area contributed by atoms with Crippen LogP contribution in [-0.2, 0) is 11.3 Å². The summed E-state index contributed by atoms with van der Waals surface area (Å²) < 4.78 is 7.32. The van der Waals surface area contributed by atoms with E-state index in [2.05, 4.69) is 45.5 Å². The van der Waals surface area contributed by atoms with Crippen molar-refractivity contribution in [1.82, 2.24) is 19.2 Å². The average Bonchev–Trinajstić information content (AvgIpc) is 2.83. The molecule has 0 aromatic carbocycles. The van der Waals surface area contributed by atoms with Gasteiger partial charge in [0, 0.05) is 52.6 Å². The van der Waals surface area contributed by atoms with Crippen LogP contribution in [0.15, 0.2) is 24.4 Å². The molecule has 21 heavy (non-hydrogen) atoms. The molecular weight excluding hydrogens is 264 g/mol. The van der Waals surface area contributed by atoms with Crippen molar-refractivity contribution in [3.8, 4) is 0 Å². The highest BCUT2D eigenvalue weighted by atomic mass is 16.5. The van der Waals surface area contributed by atoms with Gasteiger partial charge in [-0.25, -0.2) is 4.98 Å². The molecule has 114 valence electrons. The van der Waals surface area contributed by atoms with Crippen LogP contribution in [0.4, 0.5) is 0 Å². The maximum absolute atomic E-state index is 5.15. The molecule has 2 aromatic heterocycles. The standard InChI is InChI=1S/C16H24N4O/c1-14-17-15(16-5-3-4-6-20(14)16)13-19-9-7-18(8-10-19)11-12-21-2/h3-6H,7-13H2,1-2H3. The third kappa shape index (κ3) is 3.26. The van der Waals surface area contributed by atoms with Crippen LogP contribution in [0.1, 0.15) is 11.5 Å². The molecule has 5 heteroatoms. The van der Waals surface area contributed by atoms with Gasteiger partial charge in [0.25, 0.3) is 0 Å². The first-order valence-corrected chi connectivity index (χ1v) is 7.64. The van der Waals surface area contributed by atoms with Gasteiger partial charge in [-0.15, -0.1) is 0 Å². The van der Waals surface area contributed by atoms with Gasteiger partial charge in [0.1, 0.15) is 5.82 Å². The molecule has 0 spiro atoms. The van der Waals surface area contributed by atoms with Gasteiger partial charge in [0.2, 0.25) is 0 Å². The summed E-state index contributed by atoms with van der Waals surface area (Å²) in [6.45, 7) is 9.33. The molecule has 1 saturated heterocycles. The third-order valence-electron chi connectivity index (χ3n) is 4.25. The summed E-state index contributed by atoms with van der Waals surface area (Å²) in [7, 11) is 1.77. The number of methoxy groups -OCH3 is 1. The summed E-state index contributed by atoms with van der Waals surface area (Å²) in [4.78, 5) is 9.71. The Hall–Kier alpha value is -1.43. The number of nitrogens with zero attached hydrogens (tertiary/aromatic N) is 4. The van der Waals surface area contributed by atoms with Gasteiger partial charge in [-0.05, 0) is 19.1 Å².